The summed E-state index contributed by atoms with van der Waals surface area (Å²) >= 11 is 0. The van der Waals surface area contributed by atoms with Gasteiger partial charge in [0.25, 0.3) is 0 Å². The number of hydrogen-bond donors (Lipinski definition) is 1. The molecule has 0 bridgehead atoms. The fraction of sp³-hybridized carbons (Fsp3) is 0.714. The van der Waals surface area contributed by atoms with Crippen LogP contribution in [0, 0.1) is 0 Å². The van der Waals surface area contributed by atoms with Crippen molar-refractivity contribution in [1.29, 1.82) is 0 Å². The van der Waals surface area contributed by atoms with Crippen molar-refractivity contribution in [1.82, 2.24) is 9.78 Å². The Labute approximate surface area is 126 Å². The highest BCUT2D eigenvalue weighted by molar-refractivity contribution is 6.46. The number of nitrogens with zero attached hydrogens (tertiary/aromatic N) is 2. The molecular weight excluding hydrogens is 271 g/mol. The maximum Gasteiger partial charge on any atom is 0.334 e. The van der Waals surface area contributed by atoms with Crippen LogP contribution in [-0.2, 0) is 20.7 Å². The number of aliphatic hydroxyl groups is 1. The normalized spacial score (nSPS) is 12.3. The summed E-state index contributed by atoms with van der Waals surface area (Å²) in [6.45, 7) is 7.69. The van der Waals surface area contributed by atoms with E-state index < -0.39 is 11.2 Å². The van der Waals surface area contributed by atoms with Gasteiger partial charge in [-0.2, -0.15) is 5.10 Å². The molecule has 0 amide bonds. The lowest BCUT2D eigenvalue weighted by atomic mass is 9.84. The zero-order valence-corrected chi connectivity index (χ0v) is 13.4. The van der Waals surface area contributed by atoms with Crippen molar-refractivity contribution in [2.24, 2.45) is 0 Å². The number of esters is 1. The van der Waals surface area contributed by atoms with Crippen LogP contribution < -0.4 is 5.46 Å². The first-order chi connectivity index (χ1) is 9.65. The van der Waals surface area contributed by atoms with Crippen molar-refractivity contribution < 1.29 is 19.3 Å². The van der Waals surface area contributed by atoms with Gasteiger partial charge >= 0.3 is 13.5 Å². The maximum atomic E-state index is 11.0. The van der Waals surface area contributed by atoms with Crippen molar-refractivity contribution in [3.63, 3.8) is 0 Å². The summed E-state index contributed by atoms with van der Waals surface area (Å²) in [7, 11) is 2.97. The van der Waals surface area contributed by atoms with Crippen LogP contribution in [0.4, 0.5) is 0 Å². The number of rotatable bonds is 8. The van der Waals surface area contributed by atoms with E-state index in [1.807, 2.05) is 20.0 Å². The van der Waals surface area contributed by atoms with Crippen molar-refractivity contribution in [2.45, 2.75) is 58.3 Å². The lowest BCUT2D eigenvalue weighted by molar-refractivity contribution is -0.140. The van der Waals surface area contributed by atoms with E-state index in [1.165, 1.54) is 7.11 Å². The molecule has 0 aromatic carbocycles. The number of carbonyl (C=O) groups is 1. The number of carbonyl (C=O) groups excluding carboxylic acids is 1. The second-order valence-electron chi connectivity index (χ2n) is 6.02. The highest BCUT2D eigenvalue weighted by atomic mass is 16.5. The predicted octanol–water partition coefficient (Wildman–Crippen LogP) is 0.647. The Morgan fingerprint density at radius 2 is 2.10 bits per heavy atom. The average molecular weight is 295 g/mol. The van der Waals surface area contributed by atoms with Gasteiger partial charge in [-0.05, 0) is 39.6 Å². The van der Waals surface area contributed by atoms with Gasteiger partial charge in [0, 0.05) is 25.4 Å². The second kappa shape index (κ2) is 7.09. The minimum Gasteiger partial charge on any atom is -0.469 e. The quantitative estimate of drug-likeness (QED) is 0.563. The minimum absolute atomic E-state index is 0.218. The van der Waals surface area contributed by atoms with Gasteiger partial charge in [0.15, 0.2) is 0 Å². The summed E-state index contributed by atoms with van der Waals surface area (Å²) < 4.78 is 12.0. The molecule has 0 aliphatic carbocycles. The number of hydrogen-bond acceptors (Lipinski definition) is 5. The average Bonchev–Trinajstić information content (AvgIpc) is 2.83. The molecule has 0 aliphatic rings. The molecule has 1 rings (SSSR count). The number of methoxy groups -OCH3 is 1. The van der Waals surface area contributed by atoms with E-state index in [1.54, 1.807) is 32.2 Å². The van der Waals surface area contributed by atoms with Crippen LogP contribution in [0.5, 0.6) is 0 Å². The summed E-state index contributed by atoms with van der Waals surface area (Å²) in [5.74, 6) is -0.218. The summed E-state index contributed by atoms with van der Waals surface area (Å²) in [6, 6.07) is 0. The van der Waals surface area contributed by atoms with E-state index >= 15 is 0 Å². The molecule has 0 saturated carbocycles. The van der Waals surface area contributed by atoms with E-state index in [9.17, 15) is 9.90 Å². The van der Waals surface area contributed by atoms with Gasteiger partial charge in [0.2, 0.25) is 0 Å². The maximum absolute atomic E-state index is 11.0. The molecule has 117 valence electrons. The van der Waals surface area contributed by atoms with Crippen LogP contribution >= 0.6 is 0 Å². The molecule has 1 heterocycles. The van der Waals surface area contributed by atoms with Crippen LogP contribution in [0.2, 0.25) is 0 Å². The first kappa shape index (κ1) is 17.7. The Bertz CT molecular complexity index is 466. The molecule has 6 nitrogen and oxygen atoms in total. The molecule has 0 aliphatic heterocycles. The number of ether oxygens (including phenoxy) is 1. The van der Waals surface area contributed by atoms with Gasteiger partial charge in [-0.25, -0.2) is 0 Å². The van der Waals surface area contributed by atoms with Crippen LogP contribution in [-0.4, -0.2) is 46.7 Å². The molecular formula is C14H24BN2O4. The minimum atomic E-state index is -0.958. The first-order valence-electron chi connectivity index (χ1n) is 6.98. The van der Waals surface area contributed by atoms with E-state index in [-0.39, 0.29) is 5.97 Å². The third-order valence-electron chi connectivity index (χ3n) is 3.61. The molecule has 0 fully saturated rings. The molecule has 7 heteroatoms. The van der Waals surface area contributed by atoms with Gasteiger partial charge in [-0.1, -0.05) is 0 Å². The molecule has 1 N–H and O–H groups in total. The fourth-order valence-electron chi connectivity index (χ4n) is 1.41. The molecule has 0 atom stereocenters. The number of aryl methyl sites for hydroxylation is 1. The summed E-state index contributed by atoms with van der Waals surface area (Å²) in [4.78, 5) is 11.0. The van der Waals surface area contributed by atoms with E-state index in [2.05, 4.69) is 9.84 Å². The lowest BCUT2D eigenvalue weighted by Gasteiger charge is -2.37. The predicted molar refractivity (Wildman–Crippen MR) is 80.3 cm³/mol. The Kier molecular flexibility index (Phi) is 5.98. The van der Waals surface area contributed by atoms with Crippen LogP contribution in [0.25, 0.3) is 0 Å². The van der Waals surface area contributed by atoms with Gasteiger partial charge < -0.3 is 14.5 Å². The zero-order chi connectivity index (χ0) is 16.1. The monoisotopic (exact) mass is 295 g/mol. The highest BCUT2D eigenvalue weighted by Gasteiger charge is 2.35. The zero-order valence-electron chi connectivity index (χ0n) is 13.4. The molecule has 1 radical (unpaired) electrons. The van der Waals surface area contributed by atoms with E-state index in [0.717, 1.165) is 5.46 Å². The Balaban J connectivity index is 2.44. The third kappa shape index (κ3) is 5.51. The largest absolute Gasteiger partial charge is 0.469 e. The molecule has 0 unspecified atom stereocenters. The second-order valence-corrected chi connectivity index (χ2v) is 6.02. The molecule has 1 aromatic rings. The van der Waals surface area contributed by atoms with Crippen LogP contribution in [0.3, 0.4) is 0 Å². The topological polar surface area (TPSA) is 73.6 Å². The van der Waals surface area contributed by atoms with Crippen LogP contribution in [0.1, 0.15) is 40.5 Å². The SMILES string of the molecule is COC(=O)CCCn1cc([B]OC(C)(C)C(C)(C)O)cn1. The highest BCUT2D eigenvalue weighted by Crippen LogP contribution is 2.24. The summed E-state index contributed by atoms with van der Waals surface area (Å²) in [5, 5.41) is 14.2. The smallest absolute Gasteiger partial charge is 0.334 e. The molecule has 1 aromatic heterocycles. The van der Waals surface area contributed by atoms with Crippen molar-refractivity contribution in [2.75, 3.05) is 7.11 Å². The van der Waals surface area contributed by atoms with Gasteiger partial charge in [-0.15, -0.1) is 0 Å². The van der Waals surface area contributed by atoms with Crippen molar-refractivity contribution in [3.05, 3.63) is 12.4 Å². The summed E-state index contributed by atoms with van der Waals surface area (Å²) in [5.41, 5.74) is -0.856. The van der Waals surface area contributed by atoms with E-state index in [0.29, 0.717) is 19.4 Å². The summed E-state index contributed by atoms with van der Waals surface area (Å²) in [6.07, 6.45) is 4.55. The molecule has 21 heavy (non-hydrogen) atoms. The Morgan fingerprint density at radius 3 is 2.67 bits per heavy atom. The van der Waals surface area contributed by atoms with Gasteiger partial charge in [0.1, 0.15) is 0 Å². The first-order valence-corrected chi connectivity index (χ1v) is 6.98. The molecule has 0 saturated heterocycles. The van der Waals surface area contributed by atoms with Crippen molar-refractivity contribution >= 4 is 18.9 Å². The van der Waals surface area contributed by atoms with Gasteiger partial charge in [0.05, 0.1) is 18.3 Å². The molecule has 0 spiro atoms. The van der Waals surface area contributed by atoms with E-state index in [4.69, 9.17) is 4.65 Å². The Morgan fingerprint density at radius 1 is 1.43 bits per heavy atom. The van der Waals surface area contributed by atoms with Crippen molar-refractivity contribution in [3.8, 4) is 0 Å². The third-order valence-corrected chi connectivity index (χ3v) is 3.61. The van der Waals surface area contributed by atoms with Crippen LogP contribution in [0.15, 0.2) is 12.4 Å². The lowest BCUT2D eigenvalue weighted by Crippen LogP contribution is -2.49. The standard InChI is InChI=1S/C14H24BN2O4/c1-13(2,19)14(3,4)21-15-11-9-16-17(10-11)8-6-7-12(18)20-5/h9-10,19H,6-8H2,1-5H3. The van der Waals surface area contributed by atoms with Gasteiger partial charge in [-0.3, -0.25) is 9.48 Å². The number of aromatic nitrogens is 2. The fourth-order valence-corrected chi connectivity index (χ4v) is 1.41. The Hall–Kier alpha value is -1.34.